The van der Waals surface area contributed by atoms with E-state index in [1.807, 2.05) is 0 Å². The van der Waals surface area contributed by atoms with Gasteiger partial charge in [-0.2, -0.15) is 0 Å². The third kappa shape index (κ3) is 2.83. The van der Waals surface area contributed by atoms with Crippen molar-refractivity contribution in [3.63, 3.8) is 0 Å². The van der Waals surface area contributed by atoms with Gasteiger partial charge in [0.05, 0.1) is 6.54 Å². The first-order valence-corrected chi connectivity index (χ1v) is 5.98. The second kappa shape index (κ2) is 5.13. The summed E-state index contributed by atoms with van der Waals surface area (Å²) in [7, 11) is 0. The van der Waals surface area contributed by atoms with Gasteiger partial charge in [-0.15, -0.1) is 16.7 Å². The van der Waals surface area contributed by atoms with Crippen LogP contribution in [0, 0.1) is 0 Å². The van der Waals surface area contributed by atoms with Crippen LogP contribution in [0.3, 0.4) is 0 Å². The number of H-pyrrole nitrogens is 1. The van der Waals surface area contributed by atoms with Crippen molar-refractivity contribution in [3.8, 4) is 0 Å². The molecule has 2 heterocycles. The molecule has 0 saturated heterocycles. The Kier molecular flexibility index (Phi) is 3.58. The van der Waals surface area contributed by atoms with Crippen molar-refractivity contribution in [1.29, 1.82) is 0 Å². The summed E-state index contributed by atoms with van der Waals surface area (Å²) in [6.07, 6.45) is 0.547. The molecule has 0 radical (unpaired) electrons. The Bertz CT molecular complexity index is 506. The monoisotopic (exact) mass is 260 g/mol. The molecule has 6 nitrogen and oxygen atoms in total. The van der Waals surface area contributed by atoms with Crippen LogP contribution in [0.1, 0.15) is 11.6 Å². The third-order valence-corrected chi connectivity index (χ3v) is 2.68. The van der Waals surface area contributed by atoms with Gasteiger partial charge in [0.25, 0.3) is 0 Å². The topological polar surface area (TPSA) is 83.8 Å². The zero-order valence-electron chi connectivity index (χ0n) is 8.20. The molecule has 0 aliphatic heterocycles. The second-order valence-electron chi connectivity index (χ2n) is 2.97. The highest BCUT2D eigenvalue weighted by Crippen LogP contribution is 2.08. The highest BCUT2D eigenvalue weighted by Gasteiger charge is 2.05. The number of aromatic amines is 1. The van der Waals surface area contributed by atoms with Crippen molar-refractivity contribution in [2.24, 2.45) is 0 Å². The Hall–Kier alpha value is -1.34. The summed E-state index contributed by atoms with van der Waals surface area (Å²) >= 11 is 6.65. The number of aryl methyl sites for hydroxylation is 1. The molecule has 0 aliphatic carbocycles. The third-order valence-electron chi connectivity index (χ3n) is 1.78. The Labute approximate surface area is 99.7 Å². The molecule has 0 saturated carbocycles. The molecular formula is C8H9ClN4O2S. The van der Waals surface area contributed by atoms with Crippen LogP contribution in [0.15, 0.2) is 14.6 Å². The van der Waals surface area contributed by atoms with E-state index in [1.54, 1.807) is 5.38 Å². The number of nitrogens with zero attached hydrogens (tertiary/aromatic N) is 2. The zero-order valence-corrected chi connectivity index (χ0v) is 9.77. The fourth-order valence-electron chi connectivity index (χ4n) is 1.08. The highest BCUT2D eigenvalue weighted by atomic mass is 35.5. The lowest BCUT2D eigenvalue weighted by Gasteiger charge is -1.96. The van der Waals surface area contributed by atoms with E-state index in [9.17, 15) is 4.79 Å². The minimum Gasteiger partial charge on any atom is -0.408 e. The number of alkyl halides is 1. The van der Waals surface area contributed by atoms with Crippen LogP contribution in [-0.2, 0) is 13.0 Å². The first-order valence-electron chi connectivity index (χ1n) is 4.57. The standard InChI is InChI=1S/C8H9ClN4O2S/c9-2-1-6-12-13-7(15-6)10-3-5-4-16-8(14)11-5/h4H,1-3H2,(H,10,13)(H,11,14). The lowest BCUT2D eigenvalue weighted by molar-refractivity contribution is 0.512. The molecule has 0 aliphatic rings. The number of anilines is 1. The maximum Gasteiger partial charge on any atom is 0.315 e. The zero-order chi connectivity index (χ0) is 11.4. The van der Waals surface area contributed by atoms with E-state index in [-0.39, 0.29) is 4.87 Å². The number of aromatic nitrogens is 3. The van der Waals surface area contributed by atoms with Crippen LogP contribution >= 0.6 is 22.9 Å². The smallest absolute Gasteiger partial charge is 0.315 e. The van der Waals surface area contributed by atoms with Crippen molar-refractivity contribution in [3.05, 3.63) is 26.6 Å². The molecule has 0 bridgehead atoms. The van der Waals surface area contributed by atoms with E-state index in [2.05, 4.69) is 20.5 Å². The summed E-state index contributed by atoms with van der Waals surface area (Å²) < 4.78 is 5.25. The fraction of sp³-hybridized carbons (Fsp3) is 0.375. The molecule has 86 valence electrons. The van der Waals surface area contributed by atoms with Crippen LogP contribution < -0.4 is 10.2 Å². The average molecular weight is 261 g/mol. The second-order valence-corrected chi connectivity index (χ2v) is 4.19. The van der Waals surface area contributed by atoms with E-state index in [4.69, 9.17) is 16.0 Å². The Morgan fingerprint density at radius 2 is 2.44 bits per heavy atom. The summed E-state index contributed by atoms with van der Waals surface area (Å²) in [5.74, 6) is 0.941. The van der Waals surface area contributed by atoms with E-state index < -0.39 is 0 Å². The van der Waals surface area contributed by atoms with Crippen molar-refractivity contribution in [2.75, 3.05) is 11.2 Å². The number of nitrogens with one attached hydrogen (secondary N) is 2. The van der Waals surface area contributed by atoms with Gasteiger partial charge in [0, 0.05) is 23.4 Å². The predicted molar refractivity (Wildman–Crippen MR) is 61.0 cm³/mol. The number of thiazole rings is 1. The molecule has 0 amide bonds. The van der Waals surface area contributed by atoms with Crippen molar-refractivity contribution in [2.45, 2.75) is 13.0 Å². The normalized spacial score (nSPS) is 10.6. The van der Waals surface area contributed by atoms with Gasteiger partial charge in [0.1, 0.15) is 0 Å². The van der Waals surface area contributed by atoms with Gasteiger partial charge < -0.3 is 14.7 Å². The molecule has 16 heavy (non-hydrogen) atoms. The molecule has 0 unspecified atom stereocenters. The summed E-state index contributed by atoms with van der Waals surface area (Å²) in [5.41, 5.74) is 0.784. The number of hydrogen-bond acceptors (Lipinski definition) is 6. The quantitative estimate of drug-likeness (QED) is 0.790. The van der Waals surface area contributed by atoms with Gasteiger partial charge in [-0.05, 0) is 0 Å². The predicted octanol–water partition coefficient (Wildman–Crippen LogP) is 1.21. The maximum absolute atomic E-state index is 10.9. The van der Waals surface area contributed by atoms with Crippen molar-refractivity contribution >= 4 is 29.0 Å². The summed E-state index contributed by atoms with van der Waals surface area (Å²) in [6.45, 7) is 0.446. The van der Waals surface area contributed by atoms with Gasteiger partial charge in [-0.1, -0.05) is 16.4 Å². The molecule has 2 aromatic rings. The van der Waals surface area contributed by atoms with E-state index in [0.29, 0.717) is 30.8 Å². The Morgan fingerprint density at radius 1 is 1.56 bits per heavy atom. The Morgan fingerprint density at radius 3 is 3.12 bits per heavy atom. The van der Waals surface area contributed by atoms with Crippen molar-refractivity contribution < 1.29 is 4.42 Å². The molecule has 2 aromatic heterocycles. The lowest BCUT2D eigenvalue weighted by atomic mass is 10.5. The van der Waals surface area contributed by atoms with Crippen LogP contribution in [0.25, 0.3) is 0 Å². The van der Waals surface area contributed by atoms with E-state index in [1.165, 1.54) is 0 Å². The fourth-order valence-corrected chi connectivity index (χ4v) is 1.82. The van der Waals surface area contributed by atoms with Crippen molar-refractivity contribution in [1.82, 2.24) is 15.2 Å². The molecule has 0 spiro atoms. The summed E-state index contributed by atoms with van der Waals surface area (Å²) in [5, 5.41) is 12.2. The van der Waals surface area contributed by atoms with Crippen LogP contribution in [0.4, 0.5) is 6.01 Å². The minimum absolute atomic E-state index is 0.0786. The molecule has 8 heteroatoms. The molecule has 0 fully saturated rings. The molecule has 2 N–H and O–H groups in total. The largest absolute Gasteiger partial charge is 0.408 e. The molecule has 0 aromatic carbocycles. The average Bonchev–Trinajstić information content (AvgIpc) is 2.85. The van der Waals surface area contributed by atoms with E-state index >= 15 is 0 Å². The summed E-state index contributed by atoms with van der Waals surface area (Å²) in [4.78, 5) is 13.4. The maximum atomic E-state index is 10.9. The number of hydrogen-bond donors (Lipinski definition) is 2. The van der Waals surface area contributed by atoms with Crippen LogP contribution in [0.5, 0.6) is 0 Å². The molecule has 2 rings (SSSR count). The van der Waals surface area contributed by atoms with Crippen LogP contribution in [-0.4, -0.2) is 21.1 Å². The van der Waals surface area contributed by atoms with Gasteiger partial charge in [0.2, 0.25) is 5.89 Å². The SMILES string of the molecule is O=c1[nH]c(CNc2nnc(CCCl)o2)cs1. The van der Waals surface area contributed by atoms with Gasteiger partial charge in [0.15, 0.2) is 0 Å². The first kappa shape index (κ1) is 11.2. The molecule has 0 atom stereocenters. The van der Waals surface area contributed by atoms with E-state index in [0.717, 1.165) is 17.0 Å². The van der Waals surface area contributed by atoms with Gasteiger partial charge >= 0.3 is 10.9 Å². The minimum atomic E-state index is -0.0786. The van der Waals surface area contributed by atoms with Gasteiger partial charge in [-0.25, -0.2) is 0 Å². The summed E-state index contributed by atoms with van der Waals surface area (Å²) in [6, 6.07) is 0.326. The number of halogens is 1. The Balaban J connectivity index is 1.91. The van der Waals surface area contributed by atoms with Gasteiger partial charge in [-0.3, -0.25) is 4.79 Å². The first-order chi connectivity index (χ1) is 7.78. The van der Waals surface area contributed by atoms with Crippen LogP contribution in [0.2, 0.25) is 0 Å². The number of rotatable bonds is 5. The highest BCUT2D eigenvalue weighted by molar-refractivity contribution is 7.07. The molecular weight excluding hydrogens is 252 g/mol. The lowest BCUT2D eigenvalue weighted by Crippen LogP contribution is -2.02.